The van der Waals surface area contributed by atoms with Crippen LogP contribution in [0.5, 0.6) is 0 Å². The minimum absolute atomic E-state index is 0.198. The molecule has 0 aromatic carbocycles. The molecular weight excluding hydrogens is 276 g/mol. The maximum atomic E-state index is 6.13. The topological polar surface area (TPSA) is 44.9 Å². The molecule has 0 aliphatic heterocycles. The quantitative estimate of drug-likeness (QED) is 0.630. The molecule has 122 valence electrons. The Morgan fingerprint density at radius 2 is 1.45 bits per heavy atom. The Balaban J connectivity index is 1.90. The molecule has 0 aliphatic rings. The molecule has 5 nitrogen and oxygen atoms in total. The zero-order chi connectivity index (χ0) is 15.8. The molecule has 0 saturated carbocycles. The van der Waals surface area contributed by atoms with Crippen molar-refractivity contribution in [2.45, 2.75) is 51.6 Å². The van der Waals surface area contributed by atoms with E-state index < -0.39 is 0 Å². The highest BCUT2D eigenvalue weighted by molar-refractivity contribution is 5.10. The van der Waals surface area contributed by atoms with Gasteiger partial charge in [0.05, 0.1) is 0 Å². The van der Waals surface area contributed by atoms with E-state index in [1.165, 1.54) is 32.1 Å². The molecule has 22 heavy (non-hydrogen) atoms. The zero-order valence-corrected chi connectivity index (χ0v) is 14.0. The van der Waals surface area contributed by atoms with Crippen molar-refractivity contribution in [3.05, 3.63) is 36.4 Å². The number of imidazole rings is 2. The molecule has 5 heteroatoms. The van der Waals surface area contributed by atoms with E-state index in [4.69, 9.17) is 4.74 Å². The number of hydrogen-bond acceptors (Lipinski definition) is 3. The fraction of sp³-hybridized carbons (Fsp3) is 0.647. The van der Waals surface area contributed by atoms with Crippen molar-refractivity contribution in [2.75, 3.05) is 6.61 Å². The minimum Gasteiger partial charge on any atom is -0.362 e. The second-order valence-corrected chi connectivity index (χ2v) is 5.81. The van der Waals surface area contributed by atoms with E-state index in [1.807, 2.05) is 35.6 Å². The molecule has 2 heterocycles. The summed E-state index contributed by atoms with van der Waals surface area (Å²) in [6, 6.07) is 0. The third kappa shape index (κ3) is 4.44. The van der Waals surface area contributed by atoms with Crippen LogP contribution in [0.3, 0.4) is 0 Å². The van der Waals surface area contributed by atoms with Gasteiger partial charge in [0.1, 0.15) is 11.6 Å². The van der Waals surface area contributed by atoms with Crippen molar-refractivity contribution < 1.29 is 4.74 Å². The van der Waals surface area contributed by atoms with Gasteiger partial charge >= 0.3 is 0 Å². The largest absolute Gasteiger partial charge is 0.362 e. The lowest BCUT2D eigenvalue weighted by Gasteiger charge is -2.17. The number of aryl methyl sites for hydroxylation is 2. The van der Waals surface area contributed by atoms with E-state index in [0.29, 0.717) is 0 Å². The van der Waals surface area contributed by atoms with Crippen LogP contribution in [0, 0.1) is 0 Å². The van der Waals surface area contributed by atoms with Gasteiger partial charge in [-0.2, -0.15) is 0 Å². The maximum absolute atomic E-state index is 6.13. The average Bonchev–Trinajstić information content (AvgIpc) is 3.11. The summed E-state index contributed by atoms with van der Waals surface area (Å²) in [7, 11) is 3.98. The summed E-state index contributed by atoms with van der Waals surface area (Å²) in [5, 5.41) is 0. The molecule has 0 unspecified atom stereocenters. The van der Waals surface area contributed by atoms with Crippen LogP contribution in [0.25, 0.3) is 0 Å². The van der Waals surface area contributed by atoms with Crippen molar-refractivity contribution in [3.63, 3.8) is 0 Å². The van der Waals surface area contributed by atoms with E-state index in [2.05, 4.69) is 16.9 Å². The Morgan fingerprint density at radius 3 is 1.95 bits per heavy atom. The molecule has 0 spiro atoms. The van der Waals surface area contributed by atoms with Crippen molar-refractivity contribution in [1.82, 2.24) is 19.1 Å². The predicted octanol–water partition coefficient (Wildman–Crippen LogP) is 3.62. The number of hydrogen-bond donors (Lipinski definition) is 0. The van der Waals surface area contributed by atoms with E-state index >= 15 is 0 Å². The number of aromatic nitrogens is 4. The summed E-state index contributed by atoms with van der Waals surface area (Å²) in [5.74, 6) is 1.81. The fourth-order valence-electron chi connectivity index (χ4n) is 2.61. The average molecular weight is 304 g/mol. The second-order valence-electron chi connectivity index (χ2n) is 5.81. The van der Waals surface area contributed by atoms with Crippen LogP contribution in [0.15, 0.2) is 24.8 Å². The highest BCUT2D eigenvalue weighted by Gasteiger charge is 2.22. The van der Waals surface area contributed by atoms with Gasteiger partial charge in [-0.1, -0.05) is 39.0 Å². The molecule has 2 aromatic rings. The van der Waals surface area contributed by atoms with Gasteiger partial charge in [0, 0.05) is 45.5 Å². The van der Waals surface area contributed by atoms with Gasteiger partial charge < -0.3 is 13.9 Å². The SMILES string of the molecule is CCCCCCCCOC(c1nccn1C)c1nccn1C. The zero-order valence-electron chi connectivity index (χ0n) is 14.0. The van der Waals surface area contributed by atoms with E-state index in [9.17, 15) is 0 Å². The molecule has 0 N–H and O–H groups in total. The Bertz CT molecular complexity index is 506. The Labute approximate surface area is 133 Å². The molecule has 0 amide bonds. The molecule has 0 atom stereocenters. The molecule has 0 saturated heterocycles. The summed E-state index contributed by atoms with van der Waals surface area (Å²) in [6.07, 6.45) is 14.9. The van der Waals surface area contributed by atoms with Crippen LogP contribution < -0.4 is 0 Å². The second kappa shape index (κ2) is 8.73. The van der Waals surface area contributed by atoms with Gasteiger partial charge in [-0.25, -0.2) is 9.97 Å². The summed E-state index contributed by atoms with van der Waals surface area (Å²) in [6.45, 7) is 2.99. The van der Waals surface area contributed by atoms with Gasteiger partial charge in [0.2, 0.25) is 0 Å². The van der Waals surface area contributed by atoms with Crippen molar-refractivity contribution in [3.8, 4) is 0 Å². The third-order valence-electron chi connectivity index (χ3n) is 3.97. The summed E-state index contributed by atoms with van der Waals surface area (Å²) >= 11 is 0. The Morgan fingerprint density at radius 1 is 0.909 bits per heavy atom. The first-order valence-corrected chi connectivity index (χ1v) is 8.30. The van der Waals surface area contributed by atoms with Crippen LogP contribution in [-0.2, 0) is 18.8 Å². The van der Waals surface area contributed by atoms with Gasteiger partial charge in [-0.3, -0.25) is 0 Å². The van der Waals surface area contributed by atoms with Crippen molar-refractivity contribution in [1.29, 1.82) is 0 Å². The Hall–Kier alpha value is -1.62. The van der Waals surface area contributed by atoms with Crippen LogP contribution in [0.2, 0.25) is 0 Å². The van der Waals surface area contributed by atoms with Crippen LogP contribution >= 0.6 is 0 Å². The number of rotatable bonds is 10. The van der Waals surface area contributed by atoms with Crippen LogP contribution in [0.4, 0.5) is 0 Å². The lowest BCUT2D eigenvalue weighted by molar-refractivity contribution is 0.0619. The molecular formula is C17H28N4O. The Kier molecular flexibility index (Phi) is 6.65. The summed E-state index contributed by atoms with van der Waals surface area (Å²) < 4.78 is 10.1. The van der Waals surface area contributed by atoms with E-state index in [1.54, 1.807) is 12.4 Å². The summed E-state index contributed by atoms with van der Waals surface area (Å²) in [4.78, 5) is 8.87. The lowest BCUT2D eigenvalue weighted by atomic mass is 10.1. The number of ether oxygens (including phenoxy) is 1. The standard InChI is InChI=1S/C17H28N4O/c1-4-5-6-7-8-9-14-22-15(16-18-10-12-20(16)2)17-19-11-13-21(17)3/h10-13,15H,4-9,14H2,1-3H3. The maximum Gasteiger partial charge on any atom is 0.173 e. The van der Waals surface area contributed by atoms with Crippen LogP contribution in [0.1, 0.15) is 63.2 Å². The molecule has 0 fully saturated rings. The normalized spacial score (nSPS) is 11.5. The molecule has 0 radical (unpaired) electrons. The first-order valence-electron chi connectivity index (χ1n) is 8.30. The monoisotopic (exact) mass is 304 g/mol. The summed E-state index contributed by atoms with van der Waals surface area (Å²) in [5.41, 5.74) is 0. The van der Waals surface area contributed by atoms with Gasteiger partial charge in [-0.05, 0) is 6.42 Å². The third-order valence-corrected chi connectivity index (χ3v) is 3.97. The lowest BCUT2D eigenvalue weighted by Crippen LogP contribution is -2.16. The first kappa shape index (κ1) is 16.7. The number of nitrogens with zero attached hydrogens (tertiary/aromatic N) is 4. The van der Waals surface area contributed by atoms with Gasteiger partial charge in [0.25, 0.3) is 0 Å². The van der Waals surface area contributed by atoms with Crippen molar-refractivity contribution in [2.24, 2.45) is 14.1 Å². The van der Waals surface area contributed by atoms with Crippen molar-refractivity contribution >= 4 is 0 Å². The van der Waals surface area contributed by atoms with Crippen LogP contribution in [-0.4, -0.2) is 25.7 Å². The smallest absolute Gasteiger partial charge is 0.173 e. The fourth-order valence-corrected chi connectivity index (χ4v) is 2.61. The predicted molar refractivity (Wildman–Crippen MR) is 87.6 cm³/mol. The molecule has 2 aromatic heterocycles. The molecule has 0 bridgehead atoms. The molecule has 2 rings (SSSR count). The number of unbranched alkanes of at least 4 members (excludes halogenated alkanes) is 5. The highest BCUT2D eigenvalue weighted by Crippen LogP contribution is 2.23. The molecule has 0 aliphatic carbocycles. The van der Waals surface area contributed by atoms with E-state index in [0.717, 1.165) is 24.7 Å². The van der Waals surface area contributed by atoms with E-state index in [-0.39, 0.29) is 6.10 Å². The first-order chi connectivity index (χ1) is 10.7. The highest BCUT2D eigenvalue weighted by atomic mass is 16.5. The minimum atomic E-state index is -0.198. The van der Waals surface area contributed by atoms with Gasteiger partial charge in [-0.15, -0.1) is 0 Å². The van der Waals surface area contributed by atoms with Gasteiger partial charge in [0.15, 0.2) is 6.10 Å².